The highest BCUT2D eigenvalue weighted by molar-refractivity contribution is 5.97. The molecule has 0 saturated carbocycles. The van der Waals surface area contributed by atoms with E-state index in [1.165, 1.54) is 12.8 Å². The van der Waals surface area contributed by atoms with Crippen molar-refractivity contribution in [3.63, 3.8) is 0 Å². The van der Waals surface area contributed by atoms with E-state index in [0.717, 1.165) is 45.4 Å². The highest BCUT2D eigenvalue weighted by atomic mass is 16.5. The molecule has 1 aromatic carbocycles. The second kappa shape index (κ2) is 9.69. The number of benzene rings is 1. The van der Waals surface area contributed by atoms with E-state index in [4.69, 9.17) is 4.74 Å². The quantitative estimate of drug-likeness (QED) is 0.818. The van der Waals surface area contributed by atoms with E-state index in [2.05, 4.69) is 10.6 Å². The summed E-state index contributed by atoms with van der Waals surface area (Å²) >= 11 is 0. The Hall–Kier alpha value is -1.92. The molecular formula is C20H29N3O3. The standard InChI is InChI=1S/C20H29N3O3/c24-19(15-21-14-18-9-6-12-26-18)22-17-8-5-7-16(13-17)20(25)23-10-3-1-2-4-11-23/h5,7-8,13,18,21H,1-4,6,9-12,14-15H2,(H,22,24). The second-order valence-corrected chi connectivity index (χ2v) is 7.10. The van der Waals surface area contributed by atoms with Crippen molar-refractivity contribution in [2.45, 2.75) is 44.6 Å². The van der Waals surface area contributed by atoms with Crippen LogP contribution >= 0.6 is 0 Å². The molecule has 0 bridgehead atoms. The number of ether oxygens (including phenoxy) is 1. The molecule has 3 rings (SSSR count). The molecule has 2 saturated heterocycles. The first-order valence-electron chi connectivity index (χ1n) is 9.74. The van der Waals surface area contributed by atoms with Gasteiger partial charge in [0.25, 0.3) is 5.91 Å². The van der Waals surface area contributed by atoms with Gasteiger partial charge in [0, 0.05) is 37.5 Å². The smallest absolute Gasteiger partial charge is 0.253 e. The van der Waals surface area contributed by atoms with Crippen LogP contribution in [0, 0.1) is 0 Å². The first kappa shape index (κ1) is 18.9. The minimum Gasteiger partial charge on any atom is -0.377 e. The Morgan fingerprint density at radius 1 is 1.12 bits per heavy atom. The number of hydrogen-bond donors (Lipinski definition) is 2. The molecule has 142 valence electrons. The molecular weight excluding hydrogens is 330 g/mol. The lowest BCUT2D eigenvalue weighted by Crippen LogP contribution is -2.34. The summed E-state index contributed by atoms with van der Waals surface area (Å²) in [5.41, 5.74) is 1.30. The van der Waals surface area contributed by atoms with Gasteiger partial charge < -0.3 is 20.3 Å². The average molecular weight is 359 g/mol. The van der Waals surface area contributed by atoms with E-state index < -0.39 is 0 Å². The number of anilines is 1. The molecule has 0 aromatic heterocycles. The Balaban J connectivity index is 1.49. The molecule has 2 heterocycles. The molecule has 6 nitrogen and oxygen atoms in total. The average Bonchev–Trinajstić information content (AvgIpc) is 3.01. The topological polar surface area (TPSA) is 70.7 Å². The van der Waals surface area contributed by atoms with E-state index in [1.54, 1.807) is 6.07 Å². The minimum atomic E-state index is -0.109. The van der Waals surface area contributed by atoms with Crippen LogP contribution in [-0.2, 0) is 9.53 Å². The summed E-state index contributed by atoms with van der Waals surface area (Å²) in [7, 11) is 0. The maximum atomic E-state index is 12.7. The lowest BCUT2D eigenvalue weighted by Gasteiger charge is -2.20. The van der Waals surface area contributed by atoms with E-state index in [-0.39, 0.29) is 24.5 Å². The zero-order valence-electron chi connectivity index (χ0n) is 15.3. The van der Waals surface area contributed by atoms with Crippen LogP contribution in [0.4, 0.5) is 5.69 Å². The van der Waals surface area contributed by atoms with Crippen LogP contribution in [0.25, 0.3) is 0 Å². The minimum absolute atomic E-state index is 0.0551. The van der Waals surface area contributed by atoms with Crippen molar-refractivity contribution in [1.29, 1.82) is 0 Å². The molecule has 1 atom stereocenters. The Bertz CT molecular complexity index is 606. The van der Waals surface area contributed by atoms with Gasteiger partial charge in [-0.1, -0.05) is 18.9 Å². The molecule has 2 aliphatic rings. The van der Waals surface area contributed by atoms with Crippen LogP contribution in [0.2, 0.25) is 0 Å². The van der Waals surface area contributed by atoms with Crippen LogP contribution in [0.5, 0.6) is 0 Å². The Labute approximate surface area is 155 Å². The van der Waals surface area contributed by atoms with Gasteiger partial charge in [0.05, 0.1) is 12.6 Å². The number of nitrogens with zero attached hydrogens (tertiary/aromatic N) is 1. The molecule has 2 aliphatic heterocycles. The molecule has 26 heavy (non-hydrogen) atoms. The molecule has 6 heteroatoms. The summed E-state index contributed by atoms with van der Waals surface area (Å²) in [6, 6.07) is 7.22. The molecule has 0 aliphatic carbocycles. The highest BCUT2D eigenvalue weighted by Crippen LogP contribution is 2.16. The Kier molecular flexibility index (Phi) is 7.03. The van der Waals surface area contributed by atoms with Crippen LogP contribution in [0.3, 0.4) is 0 Å². The number of hydrogen-bond acceptors (Lipinski definition) is 4. The van der Waals surface area contributed by atoms with Gasteiger partial charge in [0.15, 0.2) is 0 Å². The van der Waals surface area contributed by atoms with Gasteiger partial charge in [-0.15, -0.1) is 0 Å². The normalized spacial score (nSPS) is 20.6. The first-order valence-corrected chi connectivity index (χ1v) is 9.74. The number of carbonyl (C=O) groups excluding carboxylic acids is 2. The van der Waals surface area contributed by atoms with Crippen LogP contribution < -0.4 is 10.6 Å². The lowest BCUT2D eigenvalue weighted by atomic mass is 10.1. The maximum absolute atomic E-state index is 12.7. The number of amides is 2. The molecule has 2 fully saturated rings. The van der Waals surface area contributed by atoms with Crippen LogP contribution in [0.15, 0.2) is 24.3 Å². The van der Waals surface area contributed by atoms with Crippen molar-refractivity contribution in [2.24, 2.45) is 0 Å². The predicted octanol–water partition coefficient (Wildman–Crippen LogP) is 2.41. The van der Waals surface area contributed by atoms with Crippen molar-refractivity contribution in [1.82, 2.24) is 10.2 Å². The fourth-order valence-electron chi connectivity index (χ4n) is 3.54. The molecule has 0 radical (unpaired) electrons. The van der Waals surface area contributed by atoms with E-state index in [0.29, 0.717) is 17.8 Å². The molecule has 0 spiro atoms. The highest BCUT2D eigenvalue weighted by Gasteiger charge is 2.18. The molecule has 2 amide bonds. The van der Waals surface area contributed by atoms with Crippen molar-refractivity contribution in [2.75, 3.05) is 38.1 Å². The zero-order chi connectivity index (χ0) is 18.2. The van der Waals surface area contributed by atoms with Crippen molar-refractivity contribution in [3.05, 3.63) is 29.8 Å². The summed E-state index contributed by atoms with van der Waals surface area (Å²) in [4.78, 5) is 26.7. The first-order chi connectivity index (χ1) is 12.7. The third-order valence-electron chi connectivity index (χ3n) is 4.97. The summed E-state index contributed by atoms with van der Waals surface area (Å²) in [6.07, 6.45) is 6.89. The second-order valence-electron chi connectivity index (χ2n) is 7.10. The fourth-order valence-corrected chi connectivity index (χ4v) is 3.54. The summed E-state index contributed by atoms with van der Waals surface area (Å²) in [5, 5.41) is 6.00. The van der Waals surface area contributed by atoms with E-state index >= 15 is 0 Å². The van der Waals surface area contributed by atoms with Gasteiger partial charge in [0.1, 0.15) is 0 Å². The summed E-state index contributed by atoms with van der Waals surface area (Å²) < 4.78 is 5.53. The van der Waals surface area contributed by atoms with Gasteiger partial charge in [0.2, 0.25) is 5.91 Å². The fraction of sp³-hybridized carbons (Fsp3) is 0.600. The van der Waals surface area contributed by atoms with Crippen LogP contribution in [-0.4, -0.2) is 55.6 Å². The predicted molar refractivity (Wildman–Crippen MR) is 101 cm³/mol. The monoisotopic (exact) mass is 359 g/mol. The Morgan fingerprint density at radius 3 is 2.65 bits per heavy atom. The third-order valence-corrected chi connectivity index (χ3v) is 4.97. The van der Waals surface area contributed by atoms with Gasteiger partial charge in [-0.25, -0.2) is 0 Å². The van der Waals surface area contributed by atoms with E-state index in [9.17, 15) is 9.59 Å². The van der Waals surface area contributed by atoms with Gasteiger partial charge >= 0.3 is 0 Å². The van der Waals surface area contributed by atoms with Gasteiger partial charge in [-0.3, -0.25) is 9.59 Å². The number of nitrogens with one attached hydrogen (secondary N) is 2. The van der Waals surface area contributed by atoms with Gasteiger partial charge in [-0.05, 0) is 43.9 Å². The molecule has 1 aromatic rings. The number of likely N-dealkylation sites (tertiary alicyclic amines) is 1. The largest absolute Gasteiger partial charge is 0.377 e. The SMILES string of the molecule is O=C(CNCC1CCCO1)Nc1cccc(C(=O)N2CCCCCC2)c1. The maximum Gasteiger partial charge on any atom is 0.253 e. The summed E-state index contributed by atoms with van der Waals surface area (Å²) in [5.74, 6) is -0.0538. The van der Waals surface area contributed by atoms with Crippen molar-refractivity contribution >= 4 is 17.5 Å². The van der Waals surface area contributed by atoms with E-state index in [1.807, 2.05) is 23.1 Å². The summed E-state index contributed by atoms with van der Waals surface area (Å²) in [6.45, 7) is 3.40. The van der Waals surface area contributed by atoms with Crippen molar-refractivity contribution < 1.29 is 14.3 Å². The van der Waals surface area contributed by atoms with Crippen LogP contribution in [0.1, 0.15) is 48.9 Å². The number of rotatable bonds is 6. The third kappa shape index (κ3) is 5.54. The van der Waals surface area contributed by atoms with Gasteiger partial charge in [-0.2, -0.15) is 0 Å². The molecule has 2 N–H and O–H groups in total. The van der Waals surface area contributed by atoms with Crippen molar-refractivity contribution in [3.8, 4) is 0 Å². The molecule has 1 unspecified atom stereocenters. The lowest BCUT2D eigenvalue weighted by molar-refractivity contribution is -0.115. The zero-order valence-corrected chi connectivity index (χ0v) is 15.3. The number of carbonyl (C=O) groups is 2. The Morgan fingerprint density at radius 2 is 1.92 bits per heavy atom.